The van der Waals surface area contributed by atoms with E-state index in [4.69, 9.17) is 0 Å². The maximum absolute atomic E-state index is 12.1. The average Bonchev–Trinajstić information content (AvgIpc) is 2.48. The summed E-state index contributed by atoms with van der Waals surface area (Å²) in [5.74, 6) is -0.482. The van der Waals surface area contributed by atoms with Crippen molar-refractivity contribution in [1.29, 1.82) is 0 Å². The second-order valence-electron chi connectivity index (χ2n) is 4.72. The van der Waals surface area contributed by atoms with Crippen molar-refractivity contribution in [3.8, 4) is 5.75 Å². The lowest BCUT2D eigenvalue weighted by Gasteiger charge is -2.09. The molecule has 1 amide bonds. The Balaban J connectivity index is 2.04. The number of rotatable bonds is 6. The molecule has 2 aromatic rings. The number of nitrogens with zero attached hydrogens (tertiary/aromatic N) is 1. The van der Waals surface area contributed by atoms with Crippen molar-refractivity contribution in [2.75, 3.05) is 11.9 Å². The van der Waals surface area contributed by atoms with E-state index in [1.165, 1.54) is 18.5 Å². The number of carbonyl (C=O) groups excluding carboxylic acids is 1. The molecule has 0 unspecified atom stereocenters. The van der Waals surface area contributed by atoms with E-state index in [-0.39, 0.29) is 17.2 Å². The molecule has 1 aromatic carbocycles. The van der Waals surface area contributed by atoms with E-state index in [2.05, 4.69) is 22.5 Å². The molecular formula is C16H19N3O2. The minimum atomic E-state index is -0.353. The standard InChI is InChI=1S/C16H19N3O2/c1-2-7-17-10-12-4-3-5-13(9-12)19-16(21)14-6-8-18-11-15(14)20/h3-6,8-9,11,17,20H,2,7,10H2,1H3,(H,19,21). The van der Waals surface area contributed by atoms with Gasteiger partial charge in [-0.3, -0.25) is 9.78 Å². The molecule has 21 heavy (non-hydrogen) atoms. The molecule has 0 atom stereocenters. The van der Waals surface area contributed by atoms with Crippen LogP contribution in [0.3, 0.4) is 0 Å². The minimum absolute atomic E-state index is 0.129. The van der Waals surface area contributed by atoms with Crippen molar-refractivity contribution in [2.24, 2.45) is 0 Å². The number of nitrogens with one attached hydrogen (secondary N) is 2. The number of benzene rings is 1. The van der Waals surface area contributed by atoms with Crippen molar-refractivity contribution in [2.45, 2.75) is 19.9 Å². The second-order valence-corrected chi connectivity index (χ2v) is 4.72. The Morgan fingerprint density at radius 3 is 2.95 bits per heavy atom. The first-order chi connectivity index (χ1) is 10.2. The van der Waals surface area contributed by atoms with Crippen LogP contribution in [-0.4, -0.2) is 22.5 Å². The normalized spacial score (nSPS) is 10.3. The summed E-state index contributed by atoms with van der Waals surface area (Å²) in [5.41, 5.74) is 2.01. The highest BCUT2D eigenvalue weighted by molar-refractivity contribution is 6.05. The third-order valence-corrected chi connectivity index (χ3v) is 2.99. The molecule has 2 rings (SSSR count). The first-order valence-electron chi connectivity index (χ1n) is 6.94. The fraction of sp³-hybridized carbons (Fsp3) is 0.250. The van der Waals surface area contributed by atoms with E-state index in [1.807, 2.05) is 24.3 Å². The zero-order chi connectivity index (χ0) is 15.1. The number of hydrogen-bond donors (Lipinski definition) is 3. The molecule has 0 saturated carbocycles. The van der Waals surface area contributed by atoms with Gasteiger partial charge in [-0.1, -0.05) is 19.1 Å². The van der Waals surface area contributed by atoms with E-state index in [0.29, 0.717) is 5.69 Å². The Morgan fingerprint density at radius 1 is 1.33 bits per heavy atom. The maximum atomic E-state index is 12.1. The third kappa shape index (κ3) is 4.29. The van der Waals surface area contributed by atoms with Crippen LogP contribution in [0.1, 0.15) is 29.3 Å². The molecule has 0 aliphatic rings. The molecule has 1 aromatic heterocycles. The van der Waals surface area contributed by atoms with Gasteiger partial charge in [0.15, 0.2) is 0 Å². The molecule has 3 N–H and O–H groups in total. The van der Waals surface area contributed by atoms with Gasteiger partial charge in [0.2, 0.25) is 0 Å². The summed E-state index contributed by atoms with van der Waals surface area (Å²) in [6, 6.07) is 9.11. The van der Waals surface area contributed by atoms with Gasteiger partial charge in [-0.25, -0.2) is 0 Å². The van der Waals surface area contributed by atoms with E-state index in [9.17, 15) is 9.90 Å². The molecule has 5 heteroatoms. The molecule has 0 bridgehead atoms. The quantitative estimate of drug-likeness (QED) is 0.713. The van der Waals surface area contributed by atoms with Gasteiger partial charge in [-0.05, 0) is 36.7 Å². The van der Waals surface area contributed by atoms with Gasteiger partial charge in [0.1, 0.15) is 5.75 Å². The topological polar surface area (TPSA) is 74.2 Å². The van der Waals surface area contributed by atoms with Crippen molar-refractivity contribution in [1.82, 2.24) is 10.3 Å². The Kier molecular flexibility index (Phi) is 5.29. The summed E-state index contributed by atoms with van der Waals surface area (Å²) in [5, 5.41) is 15.7. The zero-order valence-electron chi connectivity index (χ0n) is 12.0. The molecule has 0 spiro atoms. The van der Waals surface area contributed by atoms with Gasteiger partial charge in [0.05, 0.1) is 11.8 Å². The number of carbonyl (C=O) groups is 1. The highest BCUT2D eigenvalue weighted by atomic mass is 16.3. The van der Waals surface area contributed by atoms with Gasteiger partial charge in [-0.15, -0.1) is 0 Å². The predicted octanol–water partition coefficient (Wildman–Crippen LogP) is 2.54. The Bertz CT molecular complexity index is 614. The highest BCUT2D eigenvalue weighted by Crippen LogP contribution is 2.17. The minimum Gasteiger partial charge on any atom is -0.505 e. The van der Waals surface area contributed by atoms with Crippen LogP contribution in [0.2, 0.25) is 0 Å². The van der Waals surface area contributed by atoms with E-state index in [0.717, 1.165) is 25.1 Å². The summed E-state index contributed by atoms with van der Waals surface area (Å²) in [6.45, 7) is 3.84. The molecule has 0 saturated heterocycles. The van der Waals surface area contributed by atoms with Crippen molar-refractivity contribution < 1.29 is 9.90 Å². The number of aromatic nitrogens is 1. The first-order valence-corrected chi connectivity index (χ1v) is 6.94. The summed E-state index contributed by atoms with van der Waals surface area (Å²) >= 11 is 0. The second kappa shape index (κ2) is 7.40. The number of aromatic hydroxyl groups is 1. The van der Waals surface area contributed by atoms with E-state index < -0.39 is 0 Å². The number of hydrogen-bond acceptors (Lipinski definition) is 4. The molecule has 0 fully saturated rings. The van der Waals surface area contributed by atoms with Crippen LogP contribution in [0.4, 0.5) is 5.69 Å². The van der Waals surface area contributed by atoms with Gasteiger partial charge >= 0.3 is 0 Å². The fourth-order valence-electron chi connectivity index (χ4n) is 1.95. The predicted molar refractivity (Wildman–Crippen MR) is 82.3 cm³/mol. The van der Waals surface area contributed by atoms with Crippen LogP contribution in [-0.2, 0) is 6.54 Å². The smallest absolute Gasteiger partial charge is 0.259 e. The van der Waals surface area contributed by atoms with Crippen LogP contribution >= 0.6 is 0 Å². The maximum Gasteiger partial charge on any atom is 0.259 e. The van der Waals surface area contributed by atoms with Crippen molar-refractivity contribution >= 4 is 11.6 Å². The zero-order valence-corrected chi connectivity index (χ0v) is 12.0. The van der Waals surface area contributed by atoms with Gasteiger partial charge < -0.3 is 15.7 Å². The monoisotopic (exact) mass is 285 g/mol. The largest absolute Gasteiger partial charge is 0.505 e. The number of anilines is 1. The van der Waals surface area contributed by atoms with Gasteiger partial charge in [0.25, 0.3) is 5.91 Å². The number of pyridine rings is 1. The van der Waals surface area contributed by atoms with Crippen molar-refractivity contribution in [3.63, 3.8) is 0 Å². The SMILES string of the molecule is CCCNCc1cccc(NC(=O)c2ccncc2O)c1. The van der Waals surface area contributed by atoms with Crippen molar-refractivity contribution in [3.05, 3.63) is 53.9 Å². The molecular weight excluding hydrogens is 266 g/mol. The summed E-state index contributed by atoms with van der Waals surface area (Å²) < 4.78 is 0. The summed E-state index contributed by atoms with van der Waals surface area (Å²) in [4.78, 5) is 15.8. The van der Waals surface area contributed by atoms with Crippen LogP contribution in [0.25, 0.3) is 0 Å². The molecule has 0 radical (unpaired) electrons. The Morgan fingerprint density at radius 2 is 2.19 bits per heavy atom. The Hall–Kier alpha value is -2.40. The third-order valence-electron chi connectivity index (χ3n) is 2.99. The van der Waals surface area contributed by atoms with Crippen LogP contribution in [0.5, 0.6) is 5.75 Å². The van der Waals surface area contributed by atoms with Gasteiger partial charge in [0, 0.05) is 18.4 Å². The Labute approximate surface area is 124 Å². The highest BCUT2D eigenvalue weighted by Gasteiger charge is 2.10. The lowest BCUT2D eigenvalue weighted by atomic mass is 10.2. The van der Waals surface area contributed by atoms with Crippen LogP contribution in [0.15, 0.2) is 42.7 Å². The van der Waals surface area contributed by atoms with Crippen LogP contribution in [0, 0.1) is 0 Å². The molecule has 110 valence electrons. The van der Waals surface area contributed by atoms with Crippen LogP contribution < -0.4 is 10.6 Å². The average molecular weight is 285 g/mol. The fourth-order valence-corrected chi connectivity index (χ4v) is 1.95. The molecule has 5 nitrogen and oxygen atoms in total. The molecule has 1 heterocycles. The van der Waals surface area contributed by atoms with E-state index >= 15 is 0 Å². The molecule has 0 aliphatic heterocycles. The number of amides is 1. The summed E-state index contributed by atoms with van der Waals surface area (Å²) in [6.07, 6.45) is 3.80. The molecule has 0 aliphatic carbocycles. The van der Waals surface area contributed by atoms with E-state index in [1.54, 1.807) is 0 Å². The lowest BCUT2D eigenvalue weighted by Crippen LogP contribution is -2.15. The first kappa shape index (κ1) is 15.0. The van der Waals surface area contributed by atoms with Gasteiger partial charge in [-0.2, -0.15) is 0 Å². The summed E-state index contributed by atoms with van der Waals surface area (Å²) in [7, 11) is 0. The lowest BCUT2D eigenvalue weighted by molar-refractivity contribution is 0.102.